The molecule has 155 valence electrons. The Morgan fingerprint density at radius 2 is 1.90 bits per heavy atom. The molecule has 0 spiro atoms. The van der Waals surface area contributed by atoms with Gasteiger partial charge in [0.25, 0.3) is 0 Å². The molecule has 9 heteroatoms. The molecular formula is C20H26BN2O6. The van der Waals surface area contributed by atoms with Crippen molar-refractivity contribution in [2.24, 2.45) is 5.92 Å². The van der Waals surface area contributed by atoms with Crippen LogP contribution in [-0.4, -0.2) is 48.6 Å². The number of hydrogen-bond donors (Lipinski definition) is 1. The van der Waals surface area contributed by atoms with Crippen LogP contribution >= 0.6 is 0 Å². The van der Waals surface area contributed by atoms with Crippen LogP contribution in [0.5, 0.6) is 0 Å². The maximum absolute atomic E-state index is 12.5. The van der Waals surface area contributed by atoms with Crippen molar-refractivity contribution in [1.29, 1.82) is 0 Å². The zero-order valence-electron chi connectivity index (χ0n) is 17.2. The number of H-pyrrole nitrogens is 1. The second-order valence-electron chi connectivity index (χ2n) is 6.49. The number of nitrogens with one attached hydrogen (secondary N) is 1. The van der Waals surface area contributed by atoms with Crippen molar-refractivity contribution in [1.82, 2.24) is 10.2 Å². The van der Waals surface area contributed by atoms with Gasteiger partial charge in [-0.1, -0.05) is 18.4 Å². The van der Waals surface area contributed by atoms with E-state index in [1.165, 1.54) is 6.92 Å². The van der Waals surface area contributed by atoms with E-state index in [0.717, 1.165) is 27.5 Å². The Balaban J connectivity index is 2.45. The number of fused-ring (bicyclic) bond motifs is 1. The zero-order chi connectivity index (χ0) is 21.4. The quantitative estimate of drug-likeness (QED) is 0.367. The summed E-state index contributed by atoms with van der Waals surface area (Å²) in [5.74, 6) is -2.04. The van der Waals surface area contributed by atoms with E-state index < -0.39 is 23.8 Å². The molecule has 0 amide bonds. The standard InChI is InChI=1S/C20H26BN2O6/c1-5-27-18(25)9-14(20(26)28-6-2)7-13-8-17(21-4)19-15(10-22-23-19)16(13)11-29-12(3)24/h8,10,14H,5-7,9,11H2,1-4H3,(H,22,23)/t14-/m0/s1. The number of aromatic nitrogens is 2. The van der Waals surface area contributed by atoms with Gasteiger partial charge in [-0.25, -0.2) is 0 Å². The topological polar surface area (TPSA) is 108 Å². The predicted octanol–water partition coefficient (Wildman–Crippen LogP) is 1.68. The second-order valence-corrected chi connectivity index (χ2v) is 6.49. The van der Waals surface area contributed by atoms with Crippen molar-refractivity contribution in [3.8, 4) is 0 Å². The van der Waals surface area contributed by atoms with E-state index in [4.69, 9.17) is 14.2 Å². The summed E-state index contributed by atoms with van der Waals surface area (Å²) in [6.45, 7) is 7.15. The summed E-state index contributed by atoms with van der Waals surface area (Å²) in [4.78, 5) is 35.9. The van der Waals surface area contributed by atoms with Crippen LogP contribution in [0, 0.1) is 5.92 Å². The molecule has 0 aliphatic heterocycles. The number of nitrogens with zero attached hydrogens (tertiary/aromatic N) is 1. The SMILES string of the molecule is C[B]c1cc(C[C@@H](CC(=O)OCC)C(=O)OCC)c(COC(C)=O)c2cn[nH]c12. The van der Waals surface area contributed by atoms with Gasteiger partial charge in [-0.05, 0) is 25.8 Å². The van der Waals surface area contributed by atoms with Crippen molar-refractivity contribution in [3.05, 3.63) is 23.4 Å². The van der Waals surface area contributed by atoms with Crippen LogP contribution in [0.1, 0.15) is 38.3 Å². The molecule has 1 atom stereocenters. The average molecular weight is 401 g/mol. The van der Waals surface area contributed by atoms with Crippen LogP contribution in [0.2, 0.25) is 6.82 Å². The molecule has 1 radical (unpaired) electrons. The van der Waals surface area contributed by atoms with Gasteiger partial charge in [0.1, 0.15) is 6.61 Å². The van der Waals surface area contributed by atoms with Crippen molar-refractivity contribution in [2.75, 3.05) is 13.2 Å². The Labute approximate surface area is 170 Å². The molecule has 0 saturated heterocycles. The molecule has 0 bridgehead atoms. The fourth-order valence-electron chi connectivity index (χ4n) is 3.19. The lowest BCUT2D eigenvalue weighted by atomic mass is 9.70. The molecule has 0 unspecified atom stereocenters. The number of benzene rings is 1. The Kier molecular flexibility index (Phi) is 8.24. The number of rotatable bonds is 10. The van der Waals surface area contributed by atoms with Crippen molar-refractivity contribution < 1.29 is 28.6 Å². The summed E-state index contributed by atoms with van der Waals surface area (Å²) in [6.07, 6.45) is 1.82. The molecule has 1 aromatic carbocycles. The van der Waals surface area contributed by atoms with E-state index in [-0.39, 0.29) is 32.7 Å². The highest BCUT2D eigenvalue weighted by molar-refractivity contribution is 6.55. The number of ether oxygens (including phenoxy) is 3. The third kappa shape index (κ3) is 5.82. The molecule has 2 aromatic rings. The Morgan fingerprint density at radius 3 is 2.52 bits per heavy atom. The highest BCUT2D eigenvalue weighted by Gasteiger charge is 2.27. The van der Waals surface area contributed by atoms with E-state index in [2.05, 4.69) is 10.2 Å². The smallest absolute Gasteiger partial charge is 0.309 e. The van der Waals surface area contributed by atoms with Gasteiger partial charge >= 0.3 is 17.9 Å². The van der Waals surface area contributed by atoms with E-state index >= 15 is 0 Å². The number of carbonyl (C=O) groups excluding carboxylic acids is 3. The molecule has 0 fully saturated rings. The number of carbonyl (C=O) groups is 3. The van der Waals surface area contributed by atoms with E-state index in [1.807, 2.05) is 20.2 Å². The van der Waals surface area contributed by atoms with Gasteiger partial charge in [0.05, 0.1) is 37.3 Å². The first-order valence-electron chi connectivity index (χ1n) is 9.63. The van der Waals surface area contributed by atoms with E-state index in [9.17, 15) is 14.4 Å². The van der Waals surface area contributed by atoms with Gasteiger partial charge in [0.2, 0.25) is 0 Å². The molecule has 29 heavy (non-hydrogen) atoms. The molecule has 0 saturated carbocycles. The zero-order valence-corrected chi connectivity index (χ0v) is 17.2. The third-order valence-electron chi connectivity index (χ3n) is 4.51. The van der Waals surface area contributed by atoms with Crippen LogP contribution in [0.3, 0.4) is 0 Å². The molecule has 1 heterocycles. The predicted molar refractivity (Wildman–Crippen MR) is 108 cm³/mol. The summed E-state index contributed by atoms with van der Waals surface area (Å²) in [6, 6.07) is 1.91. The first-order chi connectivity index (χ1) is 13.9. The highest BCUT2D eigenvalue weighted by Crippen LogP contribution is 2.25. The Morgan fingerprint density at radius 1 is 1.17 bits per heavy atom. The lowest BCUT2D eigenvalue weighted by Gasteiger charge is -2.19. The minimum Gasteiger partial charge on any atom is -0.466 e. The fraction of sp³-hybridized carbons (Fsp3) is 0.500. The molecule has 0 aliphatic rings. The number of aromatic amines is 1. The average Bonchev–Trinajstić information content (AvgIpc) is 3.16. The first-order valence-corrected chi connectivity index (χ1v) is 9.63. The third-order valence-corrected chi connectivity index (χ3v) is 4.51. The van der Waals surface area contributed by atoms with Crippen molar-refractivity contribution in [2.45, 2.75) is 47.0 Å². The van der Waals surface area contributed by atoms with Crippen LogP contribution < -0.4 is 5.46 Å². The number of hydrogen-bond acceptors (Lipinski definition) is 7. The Bertz CT molecular complexity index is 879. The van der Waals surface area contributed by atoms with Gasteiger partial charge in [0.15, 0.2) is 7.28 Å². The highest BCUT2D eigenvalue weighted by atomic mass is 16.5. The summed E-state index contributed by atoms with van der Waals surface area (Å²) in [5.41, 5.74) is 3.25. The molecule has 2 rings (SSSR count). The maximum Gasteiger partial charge on any atom is 0.309 e. The first kappa shape index (κ1) is 22.5. The minimum atomic E-state index is -0.709. The molecule has 1 aromatic heterocycles. The van der Waals surface area contributed by atoms with E-state index in [0.29, 0.717) is 0 Å². The van der Waals surface area contributed by atoms with Crippen LogP contribution in [0.25, 0.3) is 10.9 Å². The summed E-state index contributed by atoms with van der Waals surface area (Å²) >= 11 is 0. The minimum absolute atomic E-state index is 0.0413. The number of esters is 3. The van der Waals surface area contributed by atoms with Crippen LogP contribution in [-0.2, 0) is 41.6 Å². The van der Waals surface area contributed by atoms with E-state index in [1.54, 1.807) is 20.0 Å². The lowest BCUT2D eigenvalue weighted by molar-refractivity contribution is -0.154. The van der Waals surface area contributed by atoms with Gasteiger partial charge < -0.3 is 14.2 Å². The summed E-state index contributed by atoms with van der Waals surface area (Å²) < 4.78 is 15.4. The molecular weight excluding hydrogens is 375 g/mol. The van der Waals surface area contributed by atoms with Gasteiger partial charge in [-0.15, -0.1) is 0 Å². The monoisotopic (exact) mass is 401 g/mol. The van der Waals surface area contributed by atoms with Gasteiger partial charge in [-0.2, -0.15) is 5.10 Å². The molecule has 0 aliphatic carbocycles. The lowest BCUT2D eigenvalue weighted by Crippen LogP contribution is -2.26. The van der Waals surface area contributed by atoms with Crippen LogP contribution in [0.15, 0.2) is 12.3 Å². The normalized spacial score (nSPS) is 11.7. The van der Waals surface area contributed by atoms with Crippen molar-refractivity contribution in [3.63, 3.8) is 0 Å². The summed E-state index contributed by atoms with van der Waals surface area (Å²) in [7, 11) is 1.92. The molecule has 1 N–H and O–H groups in total. The van der Waals surface area contributed by atoms with Crippen molar-refractivity contribution >= 4 is 41.6 Å². The fourth-order valence-corrected chi connectivity index (χ4v) is 3.19. The van der Waals surface area contributed by atoms with Gasteiger partial charge in [-0.3, -0.25) is 19.5 Å². The molecule has 8 nitrogen and oxygen atoms in total. The maximum atomic E-state index is 12.5. The van der Waals surface area contributed by atoms with Crippen LogP contribution in [0.4, 0.5) is 0 Å². The Hall–Kier alpha value is -2.84. The largest absolute Gasteiger partial charge is 0.466 e. The second kappa shape index (κ2) is 10.6. The van der Waals surface area contributed by atoms with Gasteiger partial charge in [0, 0.05) is 17.9 Å². The summed E-state index contributed by atoms with van der Waals surface area (Å²) in [5, 5.41) is 7.86.